The molecule has 0 saturated heterocycles. The molecule has 6 nitrogen and oxygen atoms in total. The summed E-state index contributed by atoms with van der Waals surface area (Å²) >= 11 is 0. The minimum atomic E-state index is -0.616. The lowest BCUT2D eigenvalue weighted by molar-refractivity contribution is 0.0967. The van der Waals surface area contributed by atoms with Crippen LogP contribution in [0.2, 0.25) is 0 Å². The first-order valence-electron chi connectivity index (χ1n) is 11.6. The van der Waals surface area contributed by atoms with Gasteiger partial charge in [0.2, 0.25) is 5.95 Å². The minimum absolute atomic E-state index is 0.0369. The quantitative estimate of drug-likeness (QED) is 0.553. The van der Waals surface area contributed by atoms with Gasteiger partial charge >= 0.3 is 0 Å². The molecule has 2 aromatic carbocycles. The fourth-order valence-electron chi connectivity index (χ4n) is 4.61. The van der Waals surface area contributed by atoms with Gasteiger partial charge in [0.15, 0.2) is 17.4 Å². The van der Waals surface area contributed by atoms with Crippen LogP contribution in [-0.4, -0.2) is 34.7 Å². The van der Waals surface area contributed by atoms with Crippen LogP contribution >= 0.6 is 0 Å². The average Bonchev–Trinajstić information content (AvgIpc) is 2.80. The van der Waals surface area contributed by atoms with Crippen molar-refractivity contribution in [1.29, 1.82) is 0 Å². The molecule has 5 rings (SSSR count). The summed E-state index contributed by atoms with van der Waals surface area (Å²) in [6, 6.07) is 9.23. The van der Waals surface area contributed by atoms with Crippen LogP contribution in [-0.2, 0) is 13.0 Å². The summed E-state index contributed by atoms with van der Waals surface area (Å²) in [4.78, 5) is 10.6. The van der Waals surface area contributed by atoms with Gasteiger partial charge in [0.05, 0.1) is 18.4 Å². The monoisotopic (exact) mass is 465 g/mol. The topological polar surface area (TPSA) is 62.3 Å². The summed E-state index contributed by atoms with van der Waals surface area (Å²) in [7, 11) is 0. The van der Waals surface area contributed by atoms with E-state index in [0.717, 1.165) is 31.4 Å². The maximum absolute atomic E-state index is 15.2. The van der Waals surface area contributed by atoms with E-state index < -0.39 is 17.2 Å². The molecule has 3 heterocycles. The number of hydrogen-bond acceptors (Lipinski definition) is 6. The molecule has 178 valence electrons. The molecule has 0 bridgehead atoms. The van der Waals surface area contributed by atoms with Crippen molar-refractivity contribution < 1.29 is 13.5 Å². The Balaban J connectivity index is 1.51. The van der Waals surface area contributed by atoms with Crippen LogP contribution in [0, 0.1) is 11.6 Å². The fraction of sp³-hybridized carbons (Fsp3) is 0.385. The fourth-order valence-corrected chi connectivity index (χ4v) is 4.61. The van der Waals surface area contributed by atoms with E-state index in [1.807, 2.05) is 33.8 Å². The SMILES string of the molecule is CC(C)N1CC(C)(C)Oc2c(F)cc(-c3nc(Nc4ccc5c(c4)CCNC5)ncc3F)cc21. The van der Waals surface area contributed by atoms with E-state index in [1.165, 1.54) is 17.2 Å². The zero-order valence-electron chi connectivity index (χ0n) is 19.9. The molecule has 0 atom stereocenters. The molecule has 0 fully saturated rings. The van der Waals surface area contributed by atoms with Crippen LogP contribution in [0.15, 0.2) is 36.5 Å². The van der Waals surface area contributed by atoms with Crippen LogP contribution in [0.3, 0.4) is 0 Å². The van der Waals surface area contributed by atoms with Crippen LogP contribution in [0.5, 0.6) is 5.75 Å². The highest BCUT2D eigenvalue weighted by molar-refractivity contribution is 5.73. The number of anilines is 3. The zero-order valence-corrected chi connectivity index (χ0v) is 19.9. The lowest BCUT2D eigenvalue weighted by Crippen LogP contribution is -2.49. The highest BCUT2D eigenvalue weighted by Crippen LogP contribution is 2.43. The van der Waals surface area contributed by atoms with Crippen molar-refractivity contribution in [2.24, 2.45) is 0 Å². The molecule has 2 aliphatic rings. The second kappa shape index (κ2) is 8.51. The Bertz CT molecular complexity index is 1240. The van der Waals surface area contributed by atoms with Crippen LogP contribution in [0.1, 0.15) is 38.8 Å². The summed E-state index contributed by atoms with van der Waals surface area (Å²) in [5.74, 6) is -0.720. The summed E-state index contributed by atoms with van der Waals surface area (Å²) < 4.78 is 36.0. The number of hydrogen-bond donors (Lipinski definition) is 2. The Morgan fingerprint density at radius 3 is 2.74 bits per heavy atom. The molecule has 3 aromatic rings. The predicted octanol–water partition coefficient (Wildman–Crippen LogP) is 5.20. The van der Waals surface area contributed by atoms with Gasteiger partial charge in [-0.25, -0.2) is 18.7 Å². The third kappa shape index (κ3) is 4.30. The van der Waals surface area contributed by atoms with Gasteiger partial charge in [-0.1, -0.05) is 6.07 Å². The van der Waals surface area contributed by atoms with E-state index in [2.05, 4.69) is 37.6 Å². The van der Waals surface area contributed by atoms with Crippen molar-refractivity contribution in [3.8, 4) is 17.0 Å². The Kier molecular flexibility index (Phi) is 5.64. The van der Waals surface area contributed by atoms with Gasteiger partial charge < -0.3 is 20.3 Å². The molecule has 8 heteroatoms. The minimum Gasteiger partial charge on any atom is -0.481 e. The summed E-state index contributed by atoms with van der Waals surface area (Å²) in [5, 5.41) is 6.52. The molecule has 1 aromatic heterocycles. The van der Waals surface area contributed by atoms with Gasteiger partial charge in [-0.2, -0.15) is 0 Å². The third-order valence-corrected chi connectivity index (χ3v) is 6.25. The maximum atomic E-state index is 15.2. The molecule has 2 N–H and O–H groups in total. The number of nitrogens with one attached hydrogen (secondary N) is 2. The second-order valence-electron chi connectivity index (χ2n) is 9.82. The smallest absolute Gasteiger partial charge is 0.227 e. The summed E-state index contributed by atoms with van der Waals surface area (Å²) in [6.45, 7) is 10.3. The number of fused-ring (bicyclic) bond motifs is 2. The van der Waals surface area contributed by atoms with Gasteiger partial charge in [0.1, 0.15) is 11.3 Å². The Morgan fingerprint density at radius 1 is 1.12 bits per heavy atom. The molecule has 2 aliphatic heterocycles. The molecule has 34 heavy (non-hydrogen) atoms. The van der Waals surface area contributed by atoms with Crippen LogP contribution in [0.25, 0.3) is 11.3 Å². The number of rotatable bonds is 4. The predicted molar refractivity (Wildman–Crippen MR) is 130 cm³/mol. The number of benzene rings is 2. The van der Waals surface area contributed by atoms with Crippen molar-refractivity contribution in [1.82, 2.24) is 15.3 Å². The number of aromatic nitrogens is 2. The van der Waals surface area contributed by atoms with Crippen LogP contribution in [0.4, 0.5) is 26.1 Å². The van der Waals surface area contributed by atoms with Crippen LogP contribution < -0.4 is 20.3 Å². The van der Waals surface area contributed by atoms with Gasteiger partial charge in [0.25, 0.3) is 0 Å². The van der Waals surface area contributed by atoms with E-state index in [1.54, 1.807) is 6.07 Å². The molecule has 0 saturated carbocycles. The van der Waals surface area contributed by atoms with E-state index in [9.17, 15) is 4.39 Å². The summed E-state index contributed by atoms with van der Waals surface area (Å²) in [5.41, 5.74) is 3.79. The highest BCUT2D eigenvalue weighted by Gasteiger charge is 2.35. The largest absolute Gasteiger partial charge is 0.481 e. The van der Waals surface area contributed by atoms with Crippen molar-refractivity contribution in [2.45, 2.75) is 52.3 Å². The standard InChI is InChI=1S/C26H29F2N5O/c1-15(2)33-14-26(3,4)34-24-20(27)10-18(11-22(24)33)23-21(28)13-30-25(32-23)31-19-6-5-17-12-29-8-7-16(17)9-19/h5-6,9-11,13,15,29H,7-8,12,14H2,1-4H3,(H,30,31,32). The van der Waals surface area contributed by atoms with Crippen molar-refractivity contribution in [3.63, 3.8) is 0 Å². The Morgan fingerprint density at radius 2 is 1.94 bits per heavy atom. The highest BCUT2D eigenvalue weighted by atomic mass is 19.1. The van der Waals surface area contributed by atoms with E-state index in [4.69, 9.17) is 4.74 Å². The molecular weight excluding hydrogens is 436 g/mol. The van der Waals surface area contributed by atoms with E-state index in [0.29, 0.717) is 17.8 Å². The first kappa shape index (κ1) is 22.5. The van der Waals surface area contributed by atoms with Gasteiger partial charge in [-0.3, -0.25) is 0 Å². The molecule has 0 unspecified atom stereocenters. The average molecular weight is 466 g/mol. The van der Waals surface area contributed by atoms with Crippen molar-refractivity contribution in [2.75, 3.05) is 23.3 Å². The molecule has 0 amide bonds. The third-order valence-electron chi connectivity index (χ3n) is 6.25. The van der Waals surface area contributed by atoms with Gasteiger partial charge in [-0.15, -0.1) is 0 Å². The number of halogens is 2. The first-order chi connectivity index (χ1) is 16.2. The molecule has 0 aliphatic carbocycles. The second-order valence-corrected chi connectivity index (χ2v) is 9.82. The van der Waals surface area contributed by atoms with Crippen molar-refractivity contribution >= 4 is 17.3 Å². The first-order valence-corrected chi connectivity index (χ1v) is 11.6. The van der Waals surface area contributed by atoms with Crippen molar-refractivity contribution in [3.05, 3.63) is 59.3 Å². The lowest BCUT2D eigenvalue weighted by atomic mass is 10.0. The van der Waals surface area contributed by atoms with E-state index in [-0.39, 0.29) is 23.4 Å². The Hall–Kier alpha value is -3.26. The normalized spacial score (nSPS) is 16.6. The van der Waals surface area contributed by atoms with Gasteiger partial charge in [-0.05, 0) is 76.1 Å². The molecule has 0 radical (unpaired) electrons. The maximum Gasteiger partial charge on any atom is 0.227 e. The lowest BCUT2D eigenvalue weighted by Gasteiger charge is -2.43. The number of nitrogens with zero attached hydrogens (tertiary/aromatic N) is 3. The molecule has 0 spiro atoms. The van der Waals surface area contributed by atoms with E-state index >= 15 is 4.39 Å². The van der Waals surface area contributed by atoms with Gasteiger partial charge in [0, 0.05) is 23.8 Å². The zero-order chi connectivity index (χ0) is 24.0. The Labute approximate surface area is 198 Å². The molecular formula is C26H29F2N5O. The number of ether oxygens (including phenoxy) is 1. The summed E-state index contributed by atoms with van der Waals surface area (Å²) in [6.07, 6.45) is 2.06.